The molecule has 1 aliphatic heterocycles. The van der Waals surface area contributed by atoms with Crippen LogP contribution >= 0.6 is 11.3 Å². The molecule has 1 aromatic carbocycles. The minimum atomic E-state index is -0.252. The summed E-state index contributed by atoms with van der Waals surface area (Å²) in [5.74, 6) is -0.187. The summed E-state index contributed by atoms with van der Waals surface area (Å²) in [6.07, 6.45) is 0. The van der Waals surface area contributed by atoms with Gasteiger partial charge in [0.2, 0.25) is 0 Å². The Hall–Kier alpha value is -1.76. The smallest absolute Gasteiger partial charge is 0.275 e. The van der Waals surface area contributed by atoms with Gasteiger partial charge >= 0.3 is 0 Å². The van der Waals surface area contributed by atoms with Crippen LogP contribution in [-0.4, -0.2) is 38.6 Å². The first kappa shape index (κ1) is 17.1. The van der Waals surface area contributed by atoms with Crippen molar-refractivity contribution in [3.05, 3.63) is 58.0 Å². The summed E-state index contributed by atoms with van der Waals surface area (Å²) in [4.78, 5) is 16.5. The fourth-order valence-electron chi connectivity index (χ4n) is 3.06. The van der Waals surface area contributed by atoms with Crippen molar-refractivity contribution < 1.29 is 19.0 Å². The highest BCUT2D eigenvalue weighted by molar-refractivity contribution is 7.09. The van der Waals surface area contributed by atoms with Crippen molar-refractivity contribution in [3.8, 4) is 0 Å². The molecule has 1 saturated heterocycles. The highest BCUT2D eigenvalue weighted by Gasteiger charge is 2.24. The number of carbonyl (C=O) groups excluding carboxylic acids is 1. The van der Waals surface area contributed by atoms with Crippen LogP contribution in [0.5, 0.6) is 0 Å². The zero-order chi connectivity index (χ0) is 16.8. The standard InChI is InChI=1S/C18H22FN3OS/c19-16-5-3-15(4-6-16)12-20-18(23)14-22-9-7-21(8-10-22)13-17-2-1-11-24-17/h1-6,11H,7-10,12-14H2,(H,20,23)/p+2. The number of piperazine rings is 1. The third-order valence-electron chi connectivity index (χ3n) is 4.48. The fourth-order valence-corrected chi connectivity index (χ4v) is 3.84. The second kappa shape index (κ2) is 8.37. The lowest BCUT2D eigenvalue weighted by molar-refractivity contribution is -1.01. The minimum Gasteiger partial charge on any atom is -0.347 e. The van der Waals surface area contributed by atoms with Crippen molar-refractivity contribution >= 4 is 17.2 Å². The predicted molar refractivity (Wildman–Crippen MR) is 92.5 cm³/mol. The predicted octanol–water partition coefficient (Wildman–Crippen LogP) is -0.513. The van der Waals surface area contributed by atoms with Crippen molar-refractivity contribution in [3.63, 3.8) is 0 Å². The van der Waals surface area contributed by atoms with E-state index in [-0.39, 0.29) is 11.7 Å². The summed E-state index contributed by atoms with van der Waals surface area (Å²) in [7, 11) is 0. The lowest BCUT2D eigenvalue weighted by Gasteiger charge is -2.29. The molecule has 0 radical (unpaired) electrons. The molecule has 3 N–H and O–H groups in total. The highest BCUT2D eigenvalue weighted by Crippen LogP contribution is 2.05. The molecule has 4 nitrogen and oxygen atoms in total. The number of thiophene rings is 1. The van der Waals surface area contributed by atoms with Gasteiger partial charge in [-0.25, -0.2) is 4.39 Å². The number of hydrogen-bond acceptors (Lipinski definition) is 2. The Labute approximate surface area is 145 Å². The van der Waals surface area contributed by atoms with E-state index >= 15 is 0 Å². The summed E-state index contributed by atoms with van der Waals surface area (Å²) in [6, 6.07) is 10.5. The second-order valence-corrected chi connectivity index (χ2v) is 7.37. The van der Waals surface area contributed by atoms with Crippen LogP contribution in [0.25, 0.3) is 0 Å². The van der Waals surface area contributed by atoms with Crippen molar-refractivity contribution in [1.29, 1.82) is 0 Å². The molecule has 1 aliphatic rings. The van der Waals surface area contributed by atoms with Crippen LogP contribution in [-0.2, 0) is 17.9 Å². The molecule has 1 aromatic heterocycles. The number of amides is 1. The van der Waals surface area contributed by atoms with Gasteiger partial charge in [-0.05, 0) is 29.1 Å². The third kappa shape index (κ3) is 5.12. The summed E-state index contributed by atoms with van der Waals surface area (Å²) in [5, 5.41) is 5.05. The Morgan fingerprint density at radius 2 is 1.79 bits per heavy atom. The third-order valence-corrected chi connectivity index (χ3v) is 5.36. The van der Waals surface area contributed by atoms with E-state index in [1.54, 1.807) is 17.0 Å². The molecule has 1 amide bonds. The zero-order valence-electron chi connectivity index (χ0n) is 13.7. The van der Waals surface area contributed by atoms with Gasteiger partial charge in [-0.2, -0.15) is 0 Å². The molecular weight excluding hydrogens is 325 g/mol. The number of hydrogen-bond donors (Lipinski definition) is 3. The van der Waals surface area contributed by atoms with Gasteiger partial charge in [0, 0.05) is 6.54 Å². The first-order valence-electron chi connectivity index (χ1n) is 8.40. The maximum Gasteiger partial charge on any atom is 0.275 e. The van der Waals surface area contributed by atoms with E-state index in [0.717, 1.165) is 38.3 Å². The van der Waals surface area contributed by atoms with Crippen LogP contribution in [0.4, 0.5) is 4.39 Å². The molecule has 2 heterocycles. The summed E-state index contributed by atoms with van der Waals surface area (Å²) < 4.78 is 12.9. The Bertz CT molecular complexity index is 637. The summed E-state index contributed by atoms with van der Waals surface area (Å²) >= 11 is 1.82. The molecule has 0 aliphatic carbocycles. The number of nitrogens with one attached hydrogen (secondary N) is 3. The molecule has 2 aromatic rings. The summed E-state index contributed by atoms with van der Waals surface area (Å²) in [6.45, 7) is 6.36. The van der Waals surface area contributed by atoms with Crippen molar-refractivity contribution in [2.45, 2.75) is 13.1 Å². The molecule has 128 valence electrons. The van der Waals surface area contributed by atoms with Gasteiger partial charge in [0.15, 0.2) is 6.54 Å². The van der Waals surface area contributed by atoms with Gasteiger partial charge in [-0.1, -0.05) is 18.2 Å². The van der Waals surface area contributed by atoms with Crippen molar-refractivity contribution in [2.24, 2.45) is 0 Å². The molecule has 6 heteroatoms. The molecule has 0 spiro atoms. The van der Waals surface area contributed by atoms with Gasteiger partial charge in [0.1, 0.15) is 38.5 Å². The van der Waals surface area contributed by atoms with E-state index in [4.69, 9.17) is 0 Å². The quantitative estimate of drug-likeness (QED) is 0.646. The molecular formula is C18H24FN3OS+2. The summed E-state index contributed by atoms with van der Waals surface area (Å²) in [5.41, 5.74) is 0.921. The maximum absolute atomic E-state index is 12.9. The topological polar surface area (TPSA) is 38.0 Å². The van der Waals surface area contributed by atoms with E-state index in [1.807, 2.05) is 11.3 Å². The van der Waals surface area contributed by atoms with Crippen molar-refractivity contribution in [2.75, 3.05) is 32.7 Å². The highest BCUT2D eigenvalue weighted by atomic mass is 32.1. The van der Waals surface area contributed by atoms with E-state index in [0.29, 0.717) is 13.1 Å². The Kier molecular flexibility index (Phi) is 5.96. The largest absolute Gasteiger partial charge is 0.347 e. The monoisotopic (exact) mass is 349 g/mol. The second-order valence-electron chi connectivity index (χ2n) is 6.34. The molecule has 0 saturated carbocycles. The number of carbonyl (C=O) groups is 1. The van der Waals surface area contributed by atoms with Crippen LogP contribution in [0.2, 0.25) is 0 Å². The number of halogens is 1. The minimum absolute atomic E-state index is 0.0658. The molecule has 0 unspecified atom stereocenters. The molecule has 24 heavy (non-hydrogen) atoms. The van der Waals surface area contributed by atoms with E-state index in [9.17, 15) is 9.18 Å². The Morgan fingerprint density at radius 3 is 2.46 bits per heavy atom. The van der Waals surface area contributed by atoms with Crippen LogP contribution in [0, 0.1) is 5.82 Å². The van der Waals surface area contributed by atoms with Crippen LogP contribution in [0.1, 0.15) is 10.4 Å². The first-order chi connectivity index (χ1) is 11.7. The van der Waals surface area contributed by atoms with Crippen LogP contribution in [0.15, 0.2) is 41.8 Å². The molecule has 0 bridgehead atoms. The van der Waals surface area contributed by atoms with E-state index in [1.165, 1.54) is 21.9 Å². The Balaban J connectivity index is 1.36. The Morgan fingerprint density at radius 1 is 1.08 bits per heavy atom. The van der Waals surface area contributed by atoms with Crippen LogP contribution in [0.3, 0.4) is 0 Å². The van der Waals surface area contributed by atoms with Crippen LogP contribution < -0.4 is 15.1 Å². The fraction of sp³-hybridized carbons (Fsp3) is 0.389. The lowest BCUT2D eigenvalue weighted by atomic mass is 10.2. The lowest BCUT2D eigenvalue weighted by Crippen LogP contribution is -3.28. The number of quaternary nitrogens is 2. The van der Waals surface area contributed by atoms with Gasteiger partial charge in [-0.3, -0.25) is 4.79 Å². The zero-order valence-corrected chi connectivity index (χ0v) is 14.5. The molecule has 0 atom stereocenters. The number of benzene rings is 1. The first-order valence-corrected chi connectivity index (χ1v) is 9.27. The maximum atomic E-state index is 12.9. The van der Waals surface area contributed by atoms with Gasteiger partial charge < -0.3 is 15.1 Å². The average molecular weight is 349 g/mol. The normalized spacial score (nSPS) is 20.7. The SMILES string of the molecule is O=C(C[NH+]1CC[NH+](Cc2cccs2)CC1)NCc1ccc(F)cc1. The van der Waals surface area contributed by atoms with Crippen molar-refractivity contribution in [1.82, 2.24) is 5.32 Å². The molecule has 3 rings (SSSR count). The van der Waals surface area contributed by atoms with E-state index < -0.39 is 0 Å². The van der Waals surface area contributed by atoms with E-state index in [2.05, 4.69) is 22.8 Å². The average Bonchev–Trinajstić information content (AvgIpc) is 3.09. The molecule has 1 fully saturated rings. The van der Waals surface area contributed by atoms with Gasteiger partial charge in [0.05, 0.1) is 4.88 Å². The van der Waals surface area contributed by atoms with Gasteiger partial charge in [-0.15, -0.1) is 11.3 Å². The van der Waals surface area contributed by atoms with Gasteiger partial charge in [0.25, 0.3) is 5.91 Å². The number of rotatable bonds is 6.